The van der Waals surface area contributed by atoms with E-state index in [2.05, 4.69) is 38.0 Å². The van der Waals surface area contributed by atoms with Crippen LogP contribution in [0.3, 0.4) is 0 Å². The van der Waals surface area contributed by atoms with Gasteiger partial charge in [-0.05, 0) is 30.1 Å². The number of rotatable bonds is 2. The van der Waals surface area contributed by atoms with E-state index in [4.69, 9.17) is 0 Å². The number of hydrogen-bond acceptors (Lipinski definition) is 3. The number of anilines is 1. The molecular weight excluding hydrogens is 238 g/mol. The molecule has 1 heterocycles. The fourth-order valence-corrected chi connectivity index (χ4v) is 3.74. The summed E-state index contributed by atoms with van der Waals surface area (Å²) in [5, 5.41) is 3.36. The number of nitrogens with zero attached hydrogens (tertiary/aromatic N) is 2. The molecule has 4 heteroatoms. The molecule has 0 atom stereocenters. The monoisotopic (exact) mass is 263 g/mol. The molecule has 1 N–H and O–H groups in total. The van der Waals surface area contributed by atoms with Crippen molar-refractivity contribution in [2.75, 3.05) is 5.32 Å². The van der Waals surface area contributed by atoms with Gasteiger partial charge in [0.2, 0.25) is 0 Å². The van der Waals surface area contributed by atoms with Gasteiger partial charge in [0.1, 0.15) is 0 Å². The topological polar surface area (TPSA) is 46.9 Å². The fourth-order valence-electron chi connectivity index (χ4n) is 3.74. The lowest BCUT2D eigenvalue weighted by Crippen LogP contribution is -2.41. The molecule has 1 aliphatic carbocycles. The van der Waals surface area contributed by atoms with Crippen molar-refractivity contribution in [1.82, 2.24) is 9.55 Å². The standard InChI is InChI=1S/C15H25N3O/c1-14(2)8-11(9-15(3,4)10-14)17-12-13(19)18(5)7-6-16-12/h6-7,11H,8-10H2,1-5H3,(H,16,17). The maximum atomic E-state index is 12.0. The van der Waals surface area contributed by atoms with E-state index >= 15 is 0 Å². The van der Waals surface area contributed by atoms with Crippen LogP contribution in [0.2, 0.25) is 0 Å². The normalized spacial score (nSPS) is 22.2. The van der Waals surface area contributed by atoms with Crippen molar-refractivity contribution in [2.45, 2.75) is 53.0 Å². The van der Waals surface area contributed by atoms with Crippen molar-refractivity contribution in [3.05, 3.63) is 22.7 Å². The minimum atomic E-state index is -0.0521. The minimum absolute atomic E-state index is 0.0521. The molecule has 0 unspecified atom stereocenters. The number of hydrogen-bond donors (Lipinski definition) is 1. The van der Waals surface area contributed by atoms with Gasteiger partial charge in [-0.2, -0.15) is 0 Å². The summed E-state index contributed by atoms with van der Waals surface area (Å²) in [5.41, 5.74) is 0.558. The van der Waals surface area contributed by atoms with Gasteiger partial charge in [0.05, 0.1) is 0 Å². The van der Waals surface area contributed by atoms with E-state index in [1.807, 2.05) is 0 Å². The first-order valence-electron chi connectivity index (χ1n) is 6.97. The van der Waals surface area contributed by atoms with Crippen LogP contribution < -0.4 is 10.9 Å². The largest absolute Gasteiger partial charge is 0.363 e. The van der Waals surface area contributed by atoms with Crippen molar-refractivity contribution >= 4 is 5.82 Å². The second-order valence-corrected chi connectivity index (χ2v) is 7.45. The molecule has 0 aromatic carbocycles. The van der Waals surface area contributed by atoms with Crippen molar-refractivity contribution in [1.29, 1.82) is 0 Å². The molecule has 1 saturated carbocycles. The van der Waals surface area contributed by atoms with E-state index in [0.717, 1.165) is 12.8 Å². The SMILES string of the molecule is Cn1ccnc(NC2CC(C)(C)CC(C)(C)C2)c1=O. The first-order chi connectivity index (χ1) is 8.69. The van der Waals surface area contributed by atoms with Crippen LogP contribution in [-0.4, -0.2) is 15.6 Å². The van der Waals surface area contributed by atoms with Crippen LogP contribution in [0.25, 0.3) is 0 Å². The smallest absolute Gasteiger partial charge is 0.293 e. The lowest BCUT2D eigenvalue weighted by Gasteiger charge is -2.45. The van der Waals surface area contributed by atoms with Gasteiger partial charge in [-0.3, -0.25) is 4.79 Å². The summed E-state index contributed by atoms with van der Waals surface area (Å²) in [6, 6.07) is 0.321. The summed E-state index contributed by atoms with van der Waals surface area (Å²) in [6.45, 7) is 9.22. The molecule has 2 rings (SSSR count). The Balaban J connectivity index is 2.19. The average molecular weight is 263 g/mol. The van der Waals surface area contributed by atoms with Crippen LogP contribution in [0, 0.1) is 10.8 Å². The Morgan fingerprint density at radius 3 is 2.42 bits per heavy atom. The number of aryl methyl sites for hydroxylation is 1. The highest BCUT2D eigenvalue weighted by atomic mass is 16.1. The maximum absolute atomic E-state index is 12.0. The van der Waals surface area contributed by atoms with E-state index in [9.17, 15) is 4.79 Å². The second-order valence-electron chi connectivity index (χ2n) is 7.45. The van der Waals surface area contributed by atoms with E-state index in [1.165, 1.54) is 6.42 Å². The summed E-state index contributed by atoms with van der Waals surface area (Å²) in [7, 11) is 1.75. The van der Waals surface area contributed by atoms with Gasteiger partial charge in [0.25, 0.3) is 5.56 Å². The molecule has 0 bridgehead atoms. The highest BCUT2D eigenvalue weighted by Crippen LogP contribution is 2.46. The van der Waals surface area contributed by atoms with Gasteiger partial charge < -0.3 is 9.88 Å². The van der Waals surface area contributed by atoms with E-state index < -0.39 is 0 Å². The molecular formula is C15H25N3O. The Kier molecular flexibility index (Phi) is 3.45. The van der Waals surface area contributed by atoms with Gasteiger partial charge >= 0.3 is 0 Å². The van der Waals surface area contributed by atoms with Crippen molar-refractivity contribution in [2.24, 2.45) is 17.9 Å². The van der Waals surface area contributed by atoms with Crippen LogP contribution in [0.5, 0.6) is 0 Å². The highest BCUT2D eigenvalue weighted by Gasteiger charge is 2.38. The first kappa shape index (κ1) is 14.1. The molecule has 0 aliphatic heterocycles. The predicted molar refractivity (Wildman–Crippen MR) is 78.3 cm³/mol. The molecule has 1 fully saturated rings. The summed E-state index contributed by atoms with van der Waals surface area (Å²) >= 11 is 0. The summed E-state index contributed by atoms with van der Waals surface area (Å²) < 4.78 is 1.56. The zero-order valence-electron chi connectivity index (χ0n) is 12.7. The third-order valence-electron chi connectivity index (χ3n) is 3.91. The molecule has 1 aromatic heterocycles. The fraction of sp³-hybridized carbons (Fsp3) is 0.733. The Hall–Kier alpha value is -1.32. The van der Waals surface area contributed by atoms with Crippen LogP contribution in [-0.2, 0) is 7.05 Å². The lowest BCUT2D eigenvalue weighted by atomic mass is 9.63. The number of aromatic nitrogens is 2. The van der Waals surface area contributed by atoms with Crippen LogP contribution in [0.1, 0.15) is 47.0 Å². The summed E-state index contributed by atoms with van der Waals surface area (Å²) in [4.78, 5) is 16.2. The molecule has 0 amide bonds. The minimum Gasteiger partial charge on any atom is -0.363 e. The predicted octanol–water partition coefficient (Wildman–Crippen LogP) is 2.80. The summed E-state index contributed by atoms with van der Waals surface area (Å²) in [6.07, 6.45) is 6.73. The van der Waals surface area contributed by atoms with Crippen LogP contribution >= 0.6 is 0 Å². The third-order valence-corrected chi connectivity index (χ3v) is 3.91. The van der Waals surface area contributed by atoms with Gasteiger partial charge in [0, 0.05) is 25.5 Å². The van der Waals surface area contributed by atoms with Gasteiger partial charge in [0.15, 0.2) is 5.82 Å². The Morgan fingerprint density at radius 1 is 1.26 bits per heavy atom. The van der Waals surface area contributed by atoms with Gasteiger partial charge in [-0.25, -0.2) is 4.98 Å². The molecule has 106 valence electrons. The maximum Gasteiger partial charge on any atom is 0.293 e. The molecule has 19 heavy (non-hydrogen) atoms. The molecule has 1 aliphatic rings. The zero-order chi connectivity index (χ0) is 14.3. The molecule has 0 saturated heterocycles. The van der Waals surface area contributed by atoms with Crippen molar-refractivity contribution in [3.63, 3.8) is 0 Å². The summed E-state index contributed by atoms with van der Waals surface area (Å²) in [5.74, 6) is 0.475. The van der Waals surface area contributed by atoms with E-state index in [0.29, 0.717) is 22.7 Å². The Bertz CT molecular complexity index is 500. The number of nitrogens with one attached hydrogen (secondary N) is 1. The van der Waals surface area contributed by atoms with Crippen molar-refractivity contribution in [3.8, 4) is 0 Å². The Labute approximate surface area is 115 Å². The van der Waals surface area contributed by atoms with Crippen LogP contribution in [0.15, 0.2) is 17.2 Å². The van der Waals surface area contributed by atoms with Gasteiger partial charge in [-0.1, -0.05) is 27.7 Å². The molecule has 0 radical (unpaired) electrons. The zero-order valence-corrected chi connectivity index (χ0v) is 12.7. The van der Waals surface area contributed by atoms with Crippen LogP contribution in [0.4, 0.5) is 5.82 Å². The average Bonchev–Trinajstić information content (AvgIpc) is 2.20. The quantitative estimate of drug-likeness (QED) is 0.892. The van der Waals surface area contributed by atoms with Gasteiger partial charge in [-0.15, -0.1) is 0 Å². The molecule has 0 spiro atoms. The lowest BCUT2D eigenvalue weighted by molar-refractivity contribution is 0.105. The molecule has 1 aromatic rings. The van der Waals surface area contributed by atoms with Crippen molar-refractivity contribution < 1.29 is 0 Å². The second kappa shape index (κ2) is 4.66. The molecule has 4 nitrogen and oxygen atoms in total. The third kappa shape index (κ3) is 3.37. The van der Waals surface area contributed by atoms with E-state index in [1.54, 1.807) is 24.0 Å². The highest BCUT2D eigenvalue weighted by molar-refractivity contribution is 5.32. The van der Waals surface area contributed by atoms with E-state index in [-0.39, 0.29) is 5.56 Å². The first-order valence-corrected chi connectivity index (χ1v) is 6.97. The Morgan fingerprint density at radius 2 is 1.84 bits per heavy atom.